The zero-order valence-corrected chi connectivity index (χ0v) is 38.1. The number of anilines is 2. The van der Waals surface area contributed by atoms with Crippen molar-refractivity contribution in [3.8, 4) is 22.6 Å². The number of hydrogen-bond acceptors (Lipinski definition) is 7. The molecule has 0 amide bonds. The summed E-state index contributed by atoms with van der Waals surface area (Å²) in [7, 11) is -0.632. The molecule has 62 heavy (non-hydrogen) atoms. The first-order chi connectivity index (χ1) is 28.8. The molecule has 6 aromatic rings. The normalized spacial score (nSPS) is 15.6. The first-order valence-electron chi connectivity index (χ1n) is 19.0. The molecule has 1 fully saturated rings. The van der Waals surface area contributed by atoms with Crippen molar-refractivity contribution in [3.63, 3.8) is 0 Å². The van der Waals surface area contributed by atoms with Gasteiger partial charge in [-0.25, -0.2) is 9.36 Å². The number of hydrogen-bond donors (Lipinski definition) is 2. The van der Waals surface area contributed by atoms with E-state index in [-0.39, 0.29) is 23.0 Å². The Hall–Kier alpha value is -4.27. The fraction of sp³-hybridized carbons (Fsp3) is 0.302. The van der Waals surface area contributed by atoms with Gasteiger partial charge < -0.3 is 25.5 Å². The van der Waals surface area contributed by atoms with E-state index in [9.17, 15) is 26.3 Å². The van der Waals surface area contributed by atoms with Crippen LogP contribution in [-0.4, -0.2) is 56.3 Å². The molecule has 7 rings (SSSR count). The molecular formula is C43H44BCl2F6IN6O3. The van der Waals surface area contributed by atoms with Gasteiger partial charge in [0.25, 0.3) is 0 Å². The van der Waals surface area contributed by atoms with Crippen molar-refractivity contribution in [3.05, 3.63) is 134 Å². The number of para-hydroxylation sites is 2. The Balaban J connectivity index is 0.000000184. The Labute approximate surface area is 379 Å². The number of benzene rings is 4. The van der Waals surface area contributed by atoms with E-state index in [4.69, 9.17) is 48.7 Å². The van der Waals surface area contributed by atoms with Gasteiger partial charge in [-0.2, -0.15) is 31.4 Å². The van der Waals surface area contributed by atoms with Crippen LogP contribution in [0.2, 0.25) is 10.0 Å². The van der Waals surface area contributed by atoms with Crippen molar-refractivity contribution in [2.45, 2.75) is 83.7 Å². The molecule has 4 N–H and O–H groups in total. The molecule has 2 aromatic heterocycles. The Morgan fingerprint density at radius 3 is 1.74 bits per heavy atom. The van der Waals surface area contributed by atoms with Crippen molar-refractivity contribution in [2.24, 2.45) is 0 Å². The predicted octanol–water partition coefficient (Wildman–Crippen LogP) is 11.6. The van der Waals surface area contributed by atoms with Gasteiger partial charge in [-0.3, -0.25) is 0 Å². The lowest BCUT2D eigenvalue weighted by atomic mass is 9.78. The summed E-state index contributed by atoms with van der Waals surface area (Å²) in [6.45, 7) is 9.57. The maximum Gasteiger partial charge on any atom is 0.494 e. The van der Waals surface area contributed by atoms with Gasteiger partial charge in [0.1, 0.15) is 15.3 Å². The first-order valence-corrected chi connectivity index (χ1v) is 20.9. The summed E-state index contributed by atoms with van der Waals surface area (Å²) in [5, 5.41) is 9.02. The Kier molecular flexibility index (Phi) is 15.4. The van der Waals surface area contributed by atoms with Crippen LogP contribution in [0.25, 0.3) is 22.6 Å². The summed E-state index contributed by atoms with van der Waals surface area (Å²) in [6, 6.07) is 31.9. The maximum absolute atomic E-state index is 13.1. The van der Waals surface area contributed by atoms with E-state index in [0.717, 1.165) is 28.9 Å². The molecule has 9 nitrogen and oxygen atoms in total. The third-order valence-electron chi connectivity index (χ3n) is 10.1. The summed E-state index contributed by atoms with van der Waals surface area (Å²) < 4.78 is 98.0. The van der Waals surface area contributed by atoms with Gasteiger partial charge in [-0.15, -0.1) is 5.10 Å². The molecule has 0 saturated carbocycles. The Bertz CT molecular complexity index is 2420. The van der Waals surface area contributed by atoms with Crippen LogP contribution >= 0.6 is 45.8 Å². The number of ether oxygens (including phenoxy) is 1. The largest absolute Gasteiger partial charge is 0.494 e. The van der Waals surface area contributed by atoms with Crippen molar-refractivity contribution in [2.75, 3.05) is 11.5 Å². The molecule has 0 spiro atoms. The zero-order valence-electron chi connectivity index (χ0n) is 34.4. The zero-order chi connectivity index (χ0) is 45.8. The minimum Gasteiger partial charge on any atom is -0.399 e. The van der Waals surface area contributed by atoms with Gasteiger partial charge in [-0.05, 0) is 135 Å². The fourth-order valence-corrected chi connectivity index (χ4v) is 7.10. The molecular weight excluding hydrogens is 971 g/mol. The number of nitrogens with two attached hydrogens (primary N) is 2. The van der Waals surface area contributed by atoms with Gasteiger partial charge in [0.15, 0.2) is 6.10 Å². The topological polar surface area (TPSA) is 115 Å². The maximum atomic E-state index is 13.1. The van der Waals surface area contributed by atoms with Crippen LogP contribution < -0.4 is 16.9 Å². The second kappa shape index (κ2) is 19.6. The summed E-state index contributed by atoms with van der Waals surface area (Å²) in [6.07, 6.45) is -10.6. The van der Waals surface area contributed by atoms with E-state index in [1.807, 2.05) is 99.1 Å². The molecule has 0 unspecified atom stereocenters. The minimum atomic E-state index is -4.40. The van der Waals surface area contributed by atoms with Crippen molar-refractivity contribution in [1.82, 2.24) is 19.6 Å². The van der Waals surface area contributed by atoms with Gasteiger partial charge in [0, 0.05) is 27.7 Å². The fourth-order valence-electron chi connectivity index (χ4n) is 5.89. The highest BCUT2D eigenvalue weighted by Crippen LogP contribution is 2.39. The standard InChI is InChI=1S/C18H15ClF3N3.C16H21BClF3O3.C9H8IN3/c1-11(18(20,21)22)12-7-13(9-14(19)8-12)16-10-17(23)24-25(16)15-5-3-2-4-6-15;1-10(16(19,20)21)22-9-11-6-12(8-13(18)7-11)17-23-14(2,3)15(4,5)24-17;10-8-6-9(11)12-13(8)7-4-2-1-3-5-7/h2-11H,1H3,(H2,23,24);6-8,10H,9H2,1-5H3;1-6H,(H2,11,12)/t11-;10-;/m01./s1. The Morgan fingerprint density at radius 1 is 0.710 bits per heavy atom. The summed E-state index contributed by atoms with van der Waals surface area (Å²) in [5.41, 5.74) is 14.5. The lowest BCUT2D eigenvalue weighted by molar-refractivity contribution is -0.217. The SMILES string of the molecule is C[C@@H](OCc1cc(Cl)cc(B2OC(C)(C)C(C)(C)O2)c1)C(F)(F)F.C[C@@H](c1cc(Cl)cc(-c2cc(N)nn2-c2ccccc2)c1)C(F)(F)F.Nc1cc(I)n(-c2ccccc2)n1. The molecule has 3 heterocycles. The van der Waals surface area contributed by atoms with E-state index >= 15 is 0 Å². The second-order valence-corrected chi connectivity index (χ2v) is 17.3. The van der Waals surface area contributed by atoms with Crippen LogP contribution in [0.3, 0.4) is 0 Å². The van der Waals surface area contributed by atoms with Crippen LogP contribution in [-0.2, 0) is 20.7 Å². The predicted molar refractivity (Wildman–Crippen MR) is 241 cm³/mol. The highest BCUT2D eigenvalue weighted by Gasteiger charge is 2.52. The minimum absolute atomic E-state index is 0.0920. The van der Waals surface area contributed by atoms with Crippen LogP contribution in [0, 0.1) is 3.70 Å². The molecule has 0 bridgehead atoms. The number of alkyl halides is 6. The van der Waals surface area contributed by atoms with Crippen LogP contribution in [0.4, 0.5) is 38.0 Å². The van der Waals surface area contributed by atoms with Crippen LogP contribution in [0.1, 0.15) is 58.6 Å². The van der Waals surface area contributed by atoms with Crippen molar-refractivity contribution in [1.29, 1.82) is 0 Å². The molecule has 1 aliphatic rings. The van der Waals surface area contributed by atoms with E-state index < -0.39 is 42.7 Å². The smallest absolute Gasteiger partial charge is 0.399 e. The monoisotopic (exact) mass is 1010 g/mol. The number of aromatic nitrogens is 4. The van der Waals surface area contributed by atoms with Crippen LogP contribution in [0.15, 0.2) is 109 Å². The third-order valence-corrected chi connectivity index (χ3v) is 11.3. The molecule has 19 heteroatoms. The average molecular weight is 1020 g/mol. The average Bonchev–Trinajstić information content (AvgIpc) is 3.83. The second-order valence-electron chi connectivity index (χ2n) is 15.4. The molecule has 2 atom stereocenters. The van der Waals surface area contributed by atoms with Crippen molar-refractivity contribution < 1.29 is 40.4 Å². The van der Waals surface area contributed by atoms with E-state index in [2.05, 4.69) is 32.8 Å². The lowest BCUT2D eigenvalue weighted by Crippen LogP contribution is -2.41. The molecule has 330 valence electrons. The summed E-state index contributed by atoms with van der Waals surface area (Å²) >= 11 is 14.4. The summed E-state index contributed by atoms with van der Waals surface area (Å²) in [5.74, 6) is -0.812. The number of rotatable bonds is 8. The van der Waals surface area contributed by atoms with E-state index in [1.54, 1.807) is 35.0 Å². The molecule has 0 aliphatic carbocycles. The van der Waals surface area contributed by atoms with E-state index in [1.165, 1.54) is 12.1 Å². The highest BCUT2D eigenvalue weighted by molar-refractivity contribution is 14.1. The Morgan fingerprint density at radius 2 is 1.23 bits per heavy atom. The van der Waals surface area contributed by atoms with E-state index in [0.29, 0.717) is 33.1 Å². The molecule has 4 aromatic carbocycles. The number of nitrogen functional groups attached to an aromatic ring is 2. The lowest BCUT2D eigenvalue weighted by Gasteiger charge is -2.32. The highest BCUT2D eigenvalue weighted by atomic mass is 127. The number of nitrogens with zero attached hydrogens (tertiary/aromatic N) is 4. The van der Waals surface area contributed by atoms with Gasteiger partial charge >= 0.3 is 19.5 Å². The molecule has 1 saturated heterocycles. The molecule has 0 radical (unpaired) electrons. The van der Waals surface area contributed by atoms with Gasteiger partial charge in [0.05, 0.1) is 40.8 Å². The van der Waals surface area contributed by atoms with Gasteiger partial charge in [-0.1, -0.05) is 65.7 Å². The third kappa shape index (κ3) is 12.5. The molecule has 1 aliphatic heterocycles. The first kappa shape index (κ1) is 48.8. The van der Waals surface area contributed by atoms with Gasteiger partial charge in [0.2, 0.25) is 0 Å². The number of halogens is 9. The van der Waals surface area contributed by atoms with Crippen molar-refractivity contribution >= 4 is 70.0 Å². The van der Waals surface area contributed by atoms with Crippen LogP contribution in [0.5, 0.6) is 0 Å². The summed E-state index contributed by atoms with van der Waals surface area (Å²) in [4.78, 5) is 0. The quantitative estimate of drug-likeness (QED) is 0.0886.